The number of hydrogen-bond acceptors (Lipinski definition) is 3. The first kappa shape index (κ1) is 12.7. The van der Waals surface area contributed by atoms with Crippen LogP contribution in [0, 0.1) is 11.3 Å². The molecule has 1 saturated carbocycles. The Kier molecular flexibility index (Phi) is 2.97. The first-order valence-corrected chi connectivity index (χ1v) is 6.08. The van der Waals surface area contributed by atoms with Crippen molar-refractivity contribution in [3.63, 3.8) is 0 Å². The molecule has 2 rings (SSSR count). The molecule has 1 aliphatic rings. The second-order valence-corrected chi connectivity index (χ2v) is 5.28. The van der Waals surface area contributed by atoms with Gasteiger partial charge in [-0.3, -0.25) is 4.79 Å². The number of aliphatic carboxylic acids is 1. The molecule has 0 aliphatic heterocycles. The second kappa shape index (κ2) is 4.19. The average Bonchev–Trinajstić information content (AvgIpc) is 2.85. The van der Waals surface area contributed by atoms with Gasteiger partial charge in [-0.05, 0) is 30.0 Å². The maximum absolute atomic E-state index is 11.2. The molecule has 1 aromatic rings. The van der Waals surface area contributed by atoms with E-state index in [1.807, 2.05) is 20.8 Å². The molecule has 1 fully saturated rings. The first-order valence-electron chi connectivity index (χ1n) is 6.08. The predicted molar refractivity (Wildman–Crippen MR) is 66.9 cm³/mol. The molecule has 1 aromatic carbocycles. The van der Waals surface area contributed by atoms with Gasteiger partial charge in [-0.1, -0.05) is 19.9 Å². The molecule has 0 aromatic heterocycles. The number of phenols is 1. The molecule has 0 radical (unpaired) electrons. The van der Waals surface area contributed by atoms with Gasteiger partial charge in [0.25, 0.3) is 0 Å². The van der Waals surface area contributed by atoms with Crippen LogP contribution in [0.25, 0.3) is 0 Å². The number of ether oxygens (including phenoxy) is 1. The fourth-order valence-corrected chi connectivity index (χ4v) is 2.72. The summed E-state index contributed by atoms with van der Waals surface area (Å²) in [6.07, 6.45) is 0. The molecule has 0 saturated heterocycles. The zero-order valence-corrected chi connectivity index (χ0v) is 10.8. The minimum absolute atomic E-state index is 0.0187. The van der Waals surface area contributed by atoms with E-state index in [1.165, 1.54) is 0 Å². The molecule has 0 spiro atoms. The van der Waals surface area contributed by atoms with E-state index >= 15 is 0 Å². The summed E-state index contributed by atoms with van der Waals surface area (Å²) in [5.41, 5.74) is 0.667. The zero-order chi connectivity index (χ0) is 13.5. The number of phenolic OH excluding ortho intramolecular Hbond substituents is 1. The minimum Gasteiger partial charge on any atom is -0.504 e. The lowest BCUT2D eigenvalue weighted by molar-refractivity contribution is -0.139. The zero-order valence-electron chi connectivity index (χ0n) is 10.8. The number of benzene rings is 1. The number of rotatable bonds is 4. The van der Waals surface area contributed by atoms with E-state index in [0.717, 1.165) is 5.56 Å². The third kappa shape index (κ3) is 1.92. The molecule has 0 heterocycles. The normalized spacial score (nSPS) is 24.6. The van der Waals surface area contributed by atoms with Crippen molar-refractivity contribution in [1.29, 1.82) is 0 Å². The molecule has 2 N–H and O–H groups in total. The van der Waals surface area contributed by atoms with Crippen LogP contribution in [0.15, 0.2) is 18.2 Å². The van der Waals surface area contributed by atoms with E-state index in [0.29, 0.717) is 12.4 Å². The summed E-state index contributed by atoms with van der Waals surface area (Å²) < 4.78 is 5.32. The number of hydrogen-bond donors (Lipinski definition) is 2. The van der Waals surface area contributed by atoms with Crippen LogP contribution in [0.3, 0.4) is 0 Å². The molecule has 0 amide bonds. The second-order valence-electron chi connectivity index (χ2n) is 5.28. The van der Waals surface area contributed by atoms with Crippen LogP contribution in [-0.2, 0) is 4.79 Å². The van der Waals surface area contributed by atoms with E-state index in [2.05, 4.69) is 0 Å². The summed E-state index contributed by atoms with van der Waals surface area (Å²) in [6, 6.07) is 5.08. The van der Waals surface area contributed by atoms with Crippen LogP contribution in [0.2, 0.25) is 0 Å². The Labute approximate surface area is 106 Å². The van der Waals surface area contributed by atoms with E-state index in [4.69, 9.17) is 9.84 Å². The molecule has 2 atom stereocenters. The van der Waals surface area contributed by atoms with Crippen molar-refractivity contribution in [3.8, 4) is 11.5 Å². The first-order chi connectivity index (χ1) is 8.39. The van der Waals surface area contributed by atoms with Crippen molar-refractivity contribution in [2.24, 2.45) is 11.3 Å². The lowest BCUT2D eigenvalue weighted by Crippen LogP contribution is -2.03. The lowest BCUT2D eigenvalue weighted by atomic mass is 10.0. The highest BCUT2D eigenvalue weighted by molar-refractivity contribution is 5.77. The Morgan fingerprint density at radius 1 is 1.44 bits per heavy atom. The largest absolute Gasteiger partial charge is 0.504 e. The van der Waals surface area contributed by atoms with Crippen molar-refractivity contribution < 1.29 is 19.7 Å². The van der Waals surface area contributed by atoms with Gasteiger partial charge in [0.2, 0.25) is 0 Å². The summed E-state index contributed by atoms with van der Waals surface area (Å²) in [7, 11) is 0. The third-order valence-corrected chi connectivity index (χ3v) is 3.74. The maximum Gasteiger partial charge on any atom is 0.307 e. The van der Waals surface area contributed by atoms with Crippen molar-refractivity contribution in [3.05, 3.63) is 23.8 Å². The SMILES string of the molecule is CCOc1cc(C2C(C(=O)O)C2(C)C)ccc1O. The van der Waals surface area contributed by atoms with Crippen molar-refractivity contribution in [2.75, 3.05) is 6.61 Å². The quantitative estimate of drug-likeness (QED) is 0.862. The predicted octanol–water partition coefficient (Wildman–Crippen LogP) is 2.62. The third-order valence-electron chi connectivity index (χ3n) is 3.74. The Morgan fingerprint density at radius 3 is 2.61 bits per heavy atom. The van der Waals surface area contributed by atoms with Gasteiger partial charge in [-0.2, -0.15) is 0 Å². The van der Waals surface area contributed by atoms with Crippen LogP contribution in [0.1, 0.15) is 32.3 Å². The monoisotopic (exact) mass is 250 g/mol. The van der Waals surface area contributed by atoms with Gasteiger partial charge in [0.1, 0.15) is 0 Å². The van der Waals surface area contributed by atoms with Crippen molar-refractivity contribution in [1.82, 2.24) is 0 Å². The maximum atomic E-state index is 11.2. The Morgan fingerprint density at radius 2 is 2.11 bits per heavy atom. The molecule has 0 bridgehead atoms. The molecule has 2 unspecified atom stereocenters. The number of carboxylic acids is 1. The van der Waals surface area contributed by atoms with Gasteiger partial charge in [0, 0.05) is 5.92 Å². The van der Waals surface area contributed by atoms with Crippen LogP contribution >= 0.6 is 0 Å². The van der Waals surface area contributed by atoms with Gasteiger partial charge in [-0.25, -0.2) is 0 Å². The van der Waals surface area contributed by atoms with Crippen LogP contribution in [0.4, 0.5) is 0 Å². The Hall–Kier alpha value is -1.71. The van der Waals surface area contributed by atoms with Crippen molar-refractivity contribution in [2.45, 2.75) is 26.7 Å². The minimum atomic E-state index is -0.768. The Balaban J connectivity index is 2.31. The number of carboxylic acid groups (broad SMARTS) is 1. The molecule has 4 heteroatoms. The van der Waals surface area contributed by atoms with E-state index in [9.17, 15) is 9.90 Å². The van der Waals surface area contributed by atoms with Crippen LogP contribution < -0.4 is 4.74 Å². The average molecular weight is 250 g/mol. The van der Waals surface area contributed by atoms with Crippen molar-refractivity contribution >= 4 is 5.97 Å². The van der Waals surface area contributed by atoms with Crippen LogP contribution in [-0.4, -0.2) is 22.8 Å². The standard InChI is InChI=1S/C14H18O4/c1-4-18-10-7-8(5-6-9(10)15)11-12(13(16)17)14(11,2)3/h5-7,11-12,15H,4H2,1-3H3,(H,16,17). The molecule has 4 nitrogen and oxygen atoms in total. The smallest absolute Gasteiger partial charge is 0.307 e. The van der Waals surface area contributed by atoms with E-state index < -0.39 is 5.97 Å². The lowest BCUT2D eigenvalue weighted by Gasteiger charge is -2.09. The fourth-order valence-electron chi connectivity index (χ4n) is 2.72. The van der Waals surface area contributed by atoms with E-state index in [-0.39, 0.29) is 23.0 Å². The van der Waals surface area contributed by atoms with Gasteiger partial charge < -0.3 is 14.9 Å². The Bertz CT molecular complexity index is 479. The summed E-state index contributed by atoms with van der Waals surface area (Å²) >= 11 is 0. The summed E-state index contributed by atoms with van der Waals surface area (Å²) in [5.74, 6) is -0.643. The highest BCUT2D eigenvalue weighted by Gasteiger charge is 2.62. The molecule has 98 valence electrons. The van der Waals surface area contributed by atoms with Gasteiger partial charge >= 0.3 is 5.97 Å². The molecular weight excluding hydrogens is 232 g/mol. The highest BCUT2D eigenvalue weighted by atomic mass is 16.5. The number of aromatic hydroxyl groups is 1. The number of carbonyl (C=O) groups is 1. The molecule has 1 aliphatic carbocycles. The summed E-state index contributed by atoms with van der Waals surface area (Å²) in [5, 5.41) is 18.8. The van der Waals surface area contributed by atoms with Crippen LogP contribution in [0.5, 0.6) is 11.5 Å². The van der Waals surface area contributed by atoms with Gasteiger partial charge in [0.05, 0.1) is 12.5 Å². The molecule has 18 heavy (non-hydrogen) atoms. The fraction of sp³-hybridized carbons (Fsp3) is 0.500. The molecular formula is C14H18O4. The van der Waals surface area contributed by atoms with Gasteiger partial charge in [-0.15, -0.1) is 0 Å². The summed E-state index contributed by atoms with van der Waals surface area (Å²) in [6.45, 7) is 6.20. The topological polar surface area (TPSA) is 66.8 Å². The van der Waals surface area contributed by atoms with Gasteiger partial charge in [0.15, 0.2) is 11.5 Å². The highest BCUT2D eigenvalue weighted by Crippen LogP contribution is 2.64. The summed E-state index contributed by atoms with van der Waals surface area (Å²) in [4.78, 5) is 11.2. The van der Waals surface area contributed by atoms with E-state index in [1.54, 1.807) is 18.2 Å².